The average Bonchev–Trinajstić information content (AvgIpc) is 3.34. The second-order valence-electron chi connectivity index (χ2n) is 7.92. The Morgan fingerprint density at radius 1 is 0.786 bits per heavy atom. The molecule has 5 rings (SSSR count). The van der Waals surface area contributed by atoms with Gasteiger partial charge in [0.05, 0.1) is 17.6 Å². The van der Waals surface area contributed by atoms with Crippen molar-refractivity contribution in [2.75, 3.05) is 36.0 Å². The van der Waals surface area contributed by atoms with Gasteiger partial charge in [-0.05, 0) is 26.8 Å². The van der Waals surface area contributed by atoms with Gasteiger partial charge >= 0.3 is 0 Å². The third-order valence-corrected chi connectivity index (χ3v) is 5.74. The second kappa shape index (κ2) is 6.54. The van der Waals surface area contributed by atoms with Gasteiger partial charge in [-0.2, -0.15) is 5.10 Å². The molecule has 2 fully saturated rings. The van der Waals surface area contributed by atoms with E-state index in [2.05, 4.69) is 40.9 Å². The molecule has 3 aromatic rings. The molecule has 0 aromatic carbocycles. The van der Waals surface area contributed by atoms with E-state index in [1.165, 1.54) is 0 Å². The molecule has 0 aliphatic carbocycles. The Kier molecular flexibility index (Phi) is 3.99. The van der Waals surface area contributed by atoms with Crippen LogP contribution in [0.2, 0.25) is 0 Å². The highest BCUT2D eigenvalue weighted by molar-refractivity contribution is 5.47. The predicted molar refractivity (Wildman–Crippen MR) is 107 cm³/mol. The molecule has 2 aliphatic rings. The normalized spacial score (nSPS) is 21.4. The van der Waals surface area contributed by atoms with Crippen LogP contribution in [0.15, 0.2) is 30.9 Å². The van der Waals surface area contributed by atoms with E-state index in [1.54, 1.807) is 12.5 Å². The van der Waals surface area contributed by atoms with Crippen LogP contribution in [-0.2, 0) is 0 Å². The van der Waals surface area contributed by atoms with Crippen LogP contribution in [0.1, 0.15) is 17.1 Å². The van der Waals surface area contributed by atoms with Crippen LogP contribution in [0.25, 0.3) is 5.82 Å². The number of aryl methyl sites for hydroxylation is 3. The second-order valence-corrected chi connectivity index (χ2v) is 7.92. The Morgan fingerprint density at radius 2 is 1.46 bits per heavy atom. The highest BCUT2D eigenvalue weighted by Gasteiger charge is 2.41. The summed E-state index contributed by atoms with van der Waals surface area (Å²) < 4.78 is 1.88. The Bertz CT molecular complexity index is 999. The fraction of sp³-hybridized carbons (Fsp3) is 0.450. The van der Waals surface area contributed by atoms with Crippen molar-refractivity contribution < 1.29 is 0 Å². The molecule has 144 valence electrons. The zero-order valence-electron chi connectivity index (χ0n) is 16.4. The Labute approximate surface area is 164 Å². The summed E-state index contributed by atoms with van der Waals surface area (Å²) in [4.78, 5) is 22.6. The van der Waals surface area contributed by atoms with Crippen LogP contribution in [0.5, 0.6) is 0 Å². The Morgan fingerprint density at radius 3 is 2.11 bits per heavy atom. The number of hydrogen-bond donors (Lipinski definition) is 0. The molecule has 2 unspecified atom stereocenters. The lowest BCUT2D eigenvalue weighted by molar-refractivity contribution is 0.533. The van der Waals surface area contributed by atoms with E-state index in [0.29, 0.717) is 11.8 Å². The first kappa shape index (κ1) is 17.1. The summed E-state index contributed by atoms with van der Waals surface area (Å²) in [6.45, 7) is 10.1. The maximum atomic E-state index is 4.63. The minimum atomic E-state index is 0.620. The third kappa shape index (κ3) is 2.98. The van der Waals surface area contributed by atoms with Crippen LogP contribution in [0.4, 0.5) is 11.6 Å². The zero-order valence-corrected chi connectivity index (χ0v) is 16.4. The molecule has 0 N–H and O–H groups in total. The van der Waals surface area contributed by atoms with Gasteiger partial charge in [-0.15, -0.1) is 0 Å². The lowest BCUT2D eigenvalue weighted by Gasteiger charge is -2.23. The first-order chi connectivity index (χ1) is 13.6. The van der Waals surface area contributed by atoms with Crippen molar-refractivity contribution in [3.8, 4) is 5.82 Å². The smallest absolute Gasteiger partial charge is 0.159 e. The Hall–Kier alpha value is -3.03. The van der Waals surface area contributed by atoms with Gasteiger partial charge in [-0.3, -0.25) is 4.98 Å². The summed E-state index contributed by atoms with van der Waals surface area (Å²) in [6.07, 6.45) is 5.32. The van der Waals surface area contributed by atoms with Gasteiger partial charge in [0.1, 0.15) is 18.0 Å². The first-order valence-corrected chi connectivity index (χ1v) is 9.71. The third-order valence-electron chi connectivity index (χ3n) is 5.74. The number of nitrogens with zero attached hydrogens (tertiary/aromatic N) is 8. The monoisotopic (exact) mass is 376 g/mol. The van der Waals surface area contributed by atoms with E-state index in [0.717, 1.165) is 60.7 Å². The van der Waals surface area contributed by atoms with Gasteiger partial charge in [-0.1, -0.05) is 0 Å². The van der Waals surface area contributed by atoms with Crippen LogP contribution >= 0.6 is 0 Å². The standard InChI is InChI=1S/C20H24N8/c1-13-4-15(3)28(25-13)19-5-18(22-12-23-19)26-8-16-10-27(11-17(16)9-26)20-7-21-6-14(2)24-20/h4-7,12,16-17H,8-11H2,1-3H3. The lowest BCUT2D eigenvalue weighted by atomic mass is 10.0. The van der Waals surface area contributed by atoms with Gasteiger partial charge in [-0.25, -0.2) is 19.6 Å². The summed E-state index contributed by atoms with van der Waals surface area (Å²) in [5, 5.41) is 4.54. The molecule has 2 atom stereocenters. The van der Waals surface area contributed by atoms with E-state index < -0.39 is 0 Å². The van der Waals surface area contributed by atoms with Gasteiger partial charge in [0.25, 0.3) is 0 Å². The topological polar surface area (TPSA) is 75.9 Å². The van der Waals surface area contributed by atoms with E-state index in [4.69, 9.17) is 0 Å². The highest BCUT2D eigenvalue weighted by atomic mass is 15.3. The van der Waals surface area contributed by atoms with E-state index >= 15 is 0 Å². The summed E-state index contributed by atoms with van der Waals surface area (Å²) >= 11 is 0. The number of anilines is 2. The first-order valence-electron chi connectivity index (χ1n) is 9.71. The molecule has 0 amide bonds. The van der Waals surface area contributed by atoms with E-state index in [1.807, 2.05) is 37.7 Å². The summed E-state index contributed by atoms with van der Waals surface area (Å²) in [6, 6.07) is 4.11. The average molecular weight is 376 g/mol. The summed E-state index contributed by atoms with van der Waals surface area (Å²) in [5.41, 5.74) is 3.04. The van der Waals surface area contributed by atoms with Crippen molar-refractivity contribution in [3.63, 3.8) is 0 Å². The van der Waals surface area contributed by atoms with Crippen molar-refractivity contribution >= 4 is 11.6 Å². The van der Waals surface area contributed by atoms with Gasteiger partial charge in [0, 0.05) is 56.0 Å². The fourth-order valence-electron chi connectivity index (χ4n) is 4.46. The summed E-state index contributed by atoms with van der Waals surface area (Å²) in [7, 11) is 0. The van der Waals surface area contributed by atoms with Gasteiger partial charge in [0.2, 0.25) is 0 Å². The van der Waals surface area contributed by atoms with Crippen molar-refractivity contribution in [3.05, 3.63) is 47.9 Å². The van der Waals surface area contributed by atoms with Gasteiger partial charge in [0.15, 0.2) is 5.82 Å². The SMILES string of the molecule is Cc1cncc(N2CC3CN(c4cc(-n5nc(C)cc5C)ncn4)CC3C2)n1. The molecular formula is C20H24N8. The number of aromatic nitrogens is 6. The van der Waals surface area contributed by atoms with E-state index in [-0.39, 0.29) is 0 Å². The lowest BCUT2D eigenvalue weighted by Crippen LogP contribution is -2.30. The van der Waals surface area contributed by atoms with Crippen molar-refractivity contribution in [2.24, 2.45) is 11.8 Å². The van der Waals surface area contributed by atoms with E-state index in [9.17, 15) is 0 Å². The molecule has 0 spiro atoms. The molecule has 8 heteroatoms. The van der Waals surface area contributed by atoms with Crippen LogP contribution in [-0.4, -0.2) is 55.9 Å². The van der Waals surface area contributed by atoms with Crippen LogP contribution in [0, 0.1) is 32.6 Å². The molecule has 3 aromatic heterocycles. The fourth-order valence-corrected chi connectivity index (χ4v) is 4.46. The molecule has 0 saturated carbocycles. The van der Waals surface area contributed by atoms with Crippen LogP contribution in [0.3, 0.4) is 0 Å². The summed E-state index contributed by atoms with van der Waals surface area (Å²) in [5.74, 6) is 4.04. The number of fused-ring (bicyclic) bond motifs is 1. The Balaban J connectivity index is 1.32. The zero-order chi connectivity index (χ0) is 19.3. The molecule has 5 heterocycles. The largest absolute Gasteiger partial charge is 0.356 e. The van der Waals surface area contributed by atoms with Crippen molar-refractivity contribution in [1.82, 2.24) is 29.7 Å². The molecule has 0 bridgehead atoms. The maximum Gasteiger partial charge on any atom is 0.159 e. The minimum absolute atomic E-state index is 0.620. The maximum absolute atomic E-state index is 4.63. The van der Waals surface area contributed by atoms with Crippen LogP contribution < -0.4 is 9.80 Å². The molecule has 2 aliphatic heterocycles. The minimum Gasteiger partial charge on any atom is -0.356 e. The number of hydrogen-bond acceptors (Lipinski definition) is 7. The molecule has 0 radical (unpaired) electrons. The van der Waals surface area contributed by atoms with Crippen molar-refractivity contribution in [1.29, 1.82) is 0 Å². The molecular weight excluding hydrogens is 352 g/mol. The number of rotatable bonds is 3. The quantitative estimate of drug-likeness (QED) is 0.691. The predicted octanol–water partition coefficient (Wildman–Crippen LogP) is 1.95. The highest BCUT2D eigenvalue weighted by Crippen LogP contribution is 2.35. The molecule has 28 heavy (non-hydrogen) atoms. The van der Waals surface area contributed by atoms with Gasteiger partial charge < -0.3 is 9.80 Å². The van der Waals surface area contributed by atoms with Crippen molar-refractivity contribution in [2.45, 2.75) is 20.8 Å². The molecule has 2 saturated heterocycles. The molecule has 8 nitrogen and oxygen atoms in total.